The molecule has 0 aliphatic carbocycles. The molecule has 9 nitrogen and oxygen atoms in total. The van der Waals surface area contributed by atoms with Gasteiger partial charge in [0.05, 0.1) is 6.61 Å². The number of hydrogen-bond donors (Lipinski definition) is 1. The van der Waals surface area contributed by atoms with Gasteiger partial charge in [-0.2, -0.15) is 4.31 Å². The van der Waals surface area contributed by atoms with Crippen LogP contribution in [0.15, 0.2) is 21.6 Å². The molecule has 0 unspecified atom stereocenters. The van der Waals surface area contributed by atoms with Crippen molar-refractivity contribution in [1.29, 1.82) is 0 Å². The molecule has 10 heteroatoms. The van der Waals surface area contributed by atoms with Gasteiger partial charge in [0, 0.05) is 26.2 Å². The molecular formula is C14H21N3O6S. The van der Waals surface area contributed by atoms with Gasteiger partial charge in [-0.1, -0.05) is 0 Å². The maximum absolute atomic E-state index is 12.5. The Hall–Kier alpha value is -1.91. The van der Waals surface area contributed by atoms with Gasteiger partial charge in [0.2, 0.25) is 5.09 Å². The molecule has 0 aromatic carbocycles. The van der Waals surface area contributed by atoms with E-state index in [0.29, 0.717) is 19.7 Å². The second kappa shape index (κ2) is 7.32. The zero-order chi connectivity index (χ0) is 17.9. The van der Waals surface area contributed by atoms with Gasteiger partial charge < -0.3 is 14.9 Å². The number of primary amides is 1. The topological polar surface area (TPSA) is 123 Å². The standard InChI is InChI=1S/C14H21N3O6S/c1-3-22-14(19)10(2)16-6-8-17(9-7-16)24(20,21)12-5-4-11(23-12)13(15)18/h4-5,10H,3,6-9H2,1-2H3,(H2,15,18)/t10-/m1/s1. The van der Waals surface area contributed by atoms with Crippen molar-refractivity contribution in [3.05, 3.63) is 17.9 Å². The highest BCUT2D eigenvalue weighted by Gasteiger charge is 2.34. The Labute approximate surface area is 140 Å². The molecule has 0 bridgehead atoms. The molecule has 1 fully saturated rings. The molecule has 1 atom stereocenters. The van der Waals surface area contributed by atoms with Crippen LogP contribution in [0.4, 0.5) is 0 Å². The van der Waals surface area contributed by atoms with Crippen molar-refractivity contribution in [2.24, 2.45) is 5.73 Å². The number of furan rings is 1. The Morgan fingerprint density at radius 1 is 1.29 bits per heavy atom. The first-order valence-electron chi connectivity index (χ1n) is 7.57. The molecule has 1 saturated heterocycles. The third-order valence-electron chi connectivity index (χ3n) is 3.87. The molecule has 0 spiro atoms. The molecule has 134 valence electrons. The number of carbonyl (C=O) groups is 2. The molecule has 2 N–H and O–H groups in total. The molecule has 0 saturated carbocycles. The van der Waals surface area contributed by atoms with Crippen molar-refractivity contribution in [3.8, 4) is 0 Å². The number of sulfonamides is 1. The van der Waals surface area contributed by atoms with E-state index >= 15 is 0 Å². The van der Waals surface area contributed by atoms with Crippen molar-refractivity contribution in [3.63, 3.8) is 0 Å². The van der Waals surface area contributed by atoms with Crippen LogP contribution in [0.2, 0.25) is 0 Å². The number of amides is 1. The van der Waals surface area contributed by atoms with E-state index in [1.807, 2.05) is 4.90 Å². The maximum atomic E-state index is 12.5. The van der Waals surface area contributed by atoms with Gasteiger partial charge in [-0.3, -0.25) is 14.5 Å². The summed E-state index contributed by atoms with van der Waals surface area (Å²) in [5.74, 6) is -1.36. The summed E-state index contributed by atoms with van der Waals surface area (Å²) in [5, 5.41) is -0.316. The van der Waals surface area contributed by atoms with Gasteiger partial charge in [-0.05, 0) is 26.0 Å². The maximum Gasteiger partial charge on any atom is 0.323 e. The van der Waals surface area contributed by atoms with Gasteiger partial charge in [0.15, 0.2) is 5.76 Å². The number of piperazine rings is 1. The minimum absolute atomic E-state index is 0.205. The highest BCUT2D eigenvalue weighted by Crippen LogP contribution is 2.20. The van der Waals surface area contributed by atoms with E-state index in [2.05, 4.69) is 0 Å². The van der Waals surface area contributed by atoms with E-state index in [1.54, 1.807) is 13.8 Å². The Bertz CT molecular complexity index is 706. The van der Waals surface area contributed by atoms with E-state index in [9.17, 15) is 18.0 Å². The summed E-state index contributed by atoms with van der Waals surface area (Å²) in [6, 6.07) is 2.01. The molecule has 24 heavy (non-hydrogen) atoms. The van der Waals surface area contributed by atoms with Crippen LogP contribution >= 0.6 is 0 Å². The third-order valence-corrected chi connectivity index (χ3v) is 5.64. The fourth-order valence-corrected chi connectivity index (χ4v) is 3.80. The van der Waals surface area contributed by atoms with Gasteiger partial charge in [-0.15, -0.1) is 0 Å². The number of rotatable bonds is 6. The van der Waals surface area contributed by atoms with E-state index in [4.69, 9.17) is 14.9 Å². The average Bonchev–Trinajstić information content (AvgIpc) is 3.05. The summed E-state index contributed by atoms with van der Waals surface area (Å²) in [4.78, 5) is 24.6. The first-order chi connectivity index (χ1) is 11.3. The lowest BCUT2D eigenvalue weighted by molar-refractivity contribution is -0.149. The molecule has 1 amide bonds. The lowest BCUT2D eigenvalue weighted by atomic mass is 10.2. The molecule has 1 aliphatic heterocycles. The Morgan fingerprint density at radius 3 is 2.42 bits per heavy atom. The number of hydrogen-bond acceptors (Lipinski definition) is 7. The van der Waals surface area contributed by atoms with Gasteiger partial charge in [0.1, 0.15) is 6.04 Å². The third kappa shape index (κ3) is 3.77. The summed E-state index contributed by atoms with van der Waals surface area (Å²) < 4.78 is 36.3. The average molecular weight is 359 g/mol. The Balaban J connectivity index is 2.02. The lowest BCUT2D eigenvalue weighted by Crippen LogP contribution is -2.53. The van der Waals surface area contributed by atoms with Crippen molar-refractivity contribution in [2.45, 2.75) is 25.0 Å². The molecule has 1 aliphatic rings. The number of esters is 1. The summed E-state index contributed by atoms with van der Waals surface area (Å²) >= 11 is 0. The molecule has 2 rings (SSSR count). The molecule has 1 aromatic heterocycles. The van der Waals surface area contributed by atoms with E-state index < -0.39 is 22.0 Å². The van der Waals surface area contributed by atoms with Gasteiger partial charge in [-0.25, -0.2) is 8.42 Å². The smallest absolute Gasteiger partial charge is 0.323 e. The second-order valence-corrected chi connectivity index (χ2v) is 7.22. The van der Waals surface area contributed by atoms with Gasteiger partial charge in [0.25, 0.3) is 15.9 Å². The summed E-state index contributed by atoms with van der Waals surface area (Å²) in [7, 11) is -3.84. The monoisotopic (exact) mass is 359 g/mol. The summed E-state index contributed by atoms with van der Waals surface area (Å²) in [6.07, 6.45) is 0. The number of carbonyl (C=O) groups excluding carboxylic acids is 2. The van der Waals surface area contributed by atoms with Crippen LogP contribution in [0.3, 0.4) is 0 Å². The van der Waals surface area contributed by atoms with Crippen LogP contribution in [0.5, 0.6) is 0 Å². The minimum Gasteiger partial charge on any atom is -0.465 e. The van der Waals surface area contributed by atoms with E-state index in [1.165, 1.54) is 16.4 Å². The fourth-order valence-electron chi connectivity index (χ4n) is 2.46. The molecular weight excluding hydrogens is 338 g/mol. The zero-order valence-corrected chi connectivity index (χ0v) is 14.4. The van der Waals surface area contributed by atoms with Crippen molar-refractivity contribution >= 4 is 21.9 Å². The minimum atomic E-state index is -3.84. The summed E-state index contributed by atoms with van der Waals surface area (Å²) in [6.45, 7) is 4.97. The van der Waals surface area contributed by atoms with Crippen LogP contribution in [-0.2, 0) is 19.6 Å². The Kier molecular flexibility index (Phi) is 5.62. The quantitative estimate of drug-likeness (QED) is 0.688. The SMILES string of the molecule is CCOC(=O)[C@@H](C)N1CCN(S(=O)(=O)c2ccc(C(N)=O)o2)CC1. The molecule has 1 aromatic rings. The van der Waals surface area contributed by atoms with Crippen molar-refractivity contribution in [2.75, 3.05) is 32.8 Å². The highest BCUT2D eigenvalue weighted by atomic mass is 32.2. The zero-order valence-electron chi connectivity index (χ0n) is 13.6. The van der Waals surface area contributed by atoms with E-state index in [0.717, 1.165) is 0 Å². The van der Waals surface area contributed by atoms with Crippen LogP contribution in [0.1, 0.15) is 24.4 Å². The lowest BCUT2D eigenvalue weighted by Gasteiger charge is -2.35. The van der Waals surface area contributed by atoms with Crippen LogP contribution < -0.4 is 5.73 Å². The van der Waals surface area contributed by atoms with Gasteiger partial charge >= 0.3 is 5.97 Å². The first kappa shape index (κ1) is 18.4. The summed E-state index contributed by atoms with van der Waals surface area (Å²) in [5.41, 5.74) is 5.06. The predicted molar refractivity (Wildman–Crippen MR) is 83.7 cm³/mol. The highest BCUT2D eigenvalue weighted by molar-refractivity contribution is 7.89. The number of ether oxygens (including phenoxy) is 1. The fraction of sp³-hybridized carbons (Fsp3) is 0.571. The molecule has 0 radical (unpaired) electrons. The van der Waals surface area contributed by atoms with Crippen LogP contribution in [0.25, 0.3) is 0 Å². The van der Waals surface area contributed by atoms with Crippen molar-refractivity contribution < 1.29 is 27.2 Å². The van der Waals surface area contributed by atoms with Crippen molar-refractivity contribution in [1.82, 2.24) is 9.21 Å². The predicted octanol–water partition coefficient (Wildman–Crippen LogP) is -0.364. The largest absolute Gasteiger partial charge is 0.465 e. The van der Waals surface area contributed by atoms with Crippen LogP contribution in [-0.4, -0.2) is 68.3 Å². The second-order valence-electron chi connectivity index (χ2n) is 5.35. The Morgan fingerprint density at radius 2 is 1.92 bits per heavy atom. The number of nitrogens with zero attached hydrogens (tertiary/aromatic N) is 2. The van der Waals surface area contributed by atoms with Crippen LogP contribution in [0, 0.1) is 0 Å². The number of nitrogens with two attached hydrogens (primary N) is 1. The van der Waals surface area contributed by atoms with E-state index in [-0.39, 0.29) is 29.9 Å². The molecule has 2 heterocycles. The first-order valence-corrected chi connectivity index (χ1v) is 9.01. The normalized spacial score (nSPS) is 18.2.